The van der Waals surface area contributed by atoms with Crippen molar-refractivity contribution in [1.29, 1.82) is 0 Å². The summed E-state index contributed by atoms with van der Waals surface area (Å²) in [6, 6.07) is 11.1. The van der Waals surface area contributed by atoms with Crippen molar-refractivity contribution in [3.63, 3.8) is 0 Å². The molecular weight excluding hydrogens is 218 g/mol. The van der Waals surface area contributed by atoms with E-state index in [1.807, 2.05) is 0 Å². The SMILES string of the molecule is Cc1cc(C(C)C)ccc1-c1c(C)ccc[n+]1C. The molecule has 0 aliphatic carbocycles. The van der Waals surface area contributed by atoms with Crippen LogP contribution < -0.4 is 4.57 Å². The van der Waals surface area contributed by atoms with Crippen LogP contribution in [0, 0.1) is 13.8 Å². The summed E-state index contributed by atoms with van der Waals surface area (Å²) in [5.74, 6) is 0.586. The fourth-order valence-corrected chi connectivity index (χ4v) is 2.46. The van der Waals surface area contributed by atoms with Crippen LogP contribution in [-0.4, -0.2) is 0 Å². The van der Waals surface area contributed by atoms with Crippen LogP contribution in [0.1, 0.15) is 36.5 Å². The van der Waals surface area contributed by atoms with E-state index in [1.54, 1.807) is 0 Å². The second-order valence-corrected chi connectivity index (χ2v) is 5.38. The lowest BCUT2D eigenvalue weighted by Gasteiger charge is -2.11. The van der Waals surface area contributed by atoms with Crippen LogP contribution in [0.3, 0.4) is 0 Å². The Morgan fingerprint density at radius 2 is 1.72 bits per heavy atom. The second-order valence-electron chi connectivity index (χ2n) is 5.38. The number of aromatic nitrogens is 1. The van der Waals surface area contributed by atoms with Crippen LogP contribution in [0.2, 0.25) is 0 Å². The molecule has 1 nitrogen and oxygen atoms in total. The summed E-state index contributed by atoms with van der Waals surface area (Å²) in [4.78, 5) is 0. The van der Waals surface area contributed by atoms with Gasteiger partial charge in [0.15, 0.2) is 6.20 Å². The molecule has 0 amide bonds. The van der Waals surface area contributed by atoms with E-state index in [0.717, 1.165) is 0 Å². The summed E-state index contributed by atoms with van der Waals surface area (Å²) < 4.78 is 2.20. The normalized spacial score (nSPS) is 11.0. The molecule has 0 saturated carbocycles. The number of aryl methyl sites for hydroxylation is 3. The molecule has 0 spiro atoms. The summed E-state index contributed by atoms with van der Waals surface area (Å²) in [5.41, 5.74) is 6.73. The van der Waals surface area contributed by atoms with Crippen molar-refractivity contribution in [1.82, 2.24) is 0 Å². The first-order chi connectivity index (χ1) is 8.50. The Morgan fingerprint density at radius 3 is 2.28 bits per heavy atom. The molecule has 0 atom stereocenters. The number of hydrogen-bond acceptors (Lipinski definition) is 0. The van der Waals surface area contributed by atoms with E-state index in [1.165, 1.54) is 27.9 Å². The van der Waals surface area contributed by atoms with Gasteiger partial charge < -0.3 is 0 Å². The van der Waals surface area contributed by atoms with E-state index in [4.69, 9.17) is 0 Å². The van der Waals surface area contributed by atoms with Gasteiger partial charge in [-0.1, -0.05) is 26.0 Å². The molecule has 0 aliphatic heterocycles. The highest BCUT2D eigenvalue weighted by Gasteiger charge is 2.15. The summed E-state index contributed by atoms with van der Waals surface area (Å²) in [6.07, 6.45) is 2.11. The average molecular weight is 240 g/mol. The number of pyridine rings is 1. The Bertz CT molecular complexity index is 548. The number of nitrogens with zero attached hydrogens (tertiary/aromatic N) is 1. The van der Waals surface area contributed by atoms with Crippen LogP contribution in [0.15, 0.2) is 36.5 Å². The van der Waals surface area contributed by atoms with Crippen molar-refractivity contribution < 1.29 is 4.57 Å². The van der Waals surface area contributed by atoms with Gasteiger partial charge in [0.05, 0.1) is 0 Å². The van der Waals surface area contributed by atoms with Crippen LogP contribution in [0.4, 0.5) is 0 Å². The molecule has 0 saturated heterocycles. The topological polar surface area (TPSA) is 3.88 Å². The minimum absolute atomic E-state index is 0.586. The Balaban J connectivity index is 2.59. The maximum Gasteiger partial charge on any atom is 0.215 e. The maximum atomic E-state index is 2.31. The van der Waals surface area contributed by atoms with Crippen molar-refractivity contribution in [2.45, 2.75) is 33.6 Å². The van der Waals surface area contributed by atoms with E-state index < -0.39 is 0 Å². The maximum absolute atomic E-state index is 2.31. The van der Waals surface area contributed by atoms with Crippen LogP contribution in [0.25, 0.3) is 11.3 Å². The largest absolute Gasteiger partial charge is 0.215 e. The molecule has 0 N–H and O–H groups in total. The van der Waals surface area contributed by atoms with Gasteiger partial charge in [0.2, 0.25) is 5.69 Å². The number of hydrogen-bond donors (Lipinski definition) is 0. The fourth-order valence-electron chi connectivity index (χ4n) is 2.46. The minimum Gasteiger partial charge on any atom is -0.201 e. The first kappa shape index (κ1) is 12.8. The summed E-state index contributed by atoms with van der Waals surface area (Å²) in [5, 5.41) is 0. The van der Waals surface area contributed by atoms with Gasteiger partial charge in [-0.25, -0.2) is 4.57 Å². The fraction of sp³-hybridized carbons (Fsp3) is 0.353. The van der Waals surface area contributed by atoms with Gasteiger partial charge in [-0.2, -0.15) is 0 Å². The Kier molecular flexibility index (Phi) is 3.51. The highest BCUT2D eigenvalue weighted by Crippen LogP contribution is 2.26. The quantitative estimate of drug-likeness (QED) is 0.701. The summed E-state index contributed by atoms with van der Waals surface area (Å²) in [7, 11) is 2.11. The van der Waals surface area contributed by atoms with Gasteiger partial charge >= 0.3 is 0 Å². The summed E-state index contributed by atoms with van der Waals surface area (Å²) >= 11 is 0. The molecule has 0 aliphatic rings. The van der Waals surface area contributed by atoms with Gasteiger partial charge in [0.25, 0.3) is 0 Å². The Labute approximate surface area is 110 Å². The van der Waals surface area contributed by atoms with Gasteiger partial charge in [0, 0.05) is 17.2 Å². The van der Waals surface area contributed by atoms with Crippen molar-refractivity contribution in [3.8, 4) is 11.3 Å². The van der Waals surface area contributed by atoms with Crippen molar-refractivity contribution >= 4 is 0 Å². The van der Waals surface area contributed by atoms with Gasteiger partial charge in [-0.05, 0) is 43.0 Å². The van der Waals surface area contributed by atoms with E-state index >= 15 is 0 Å². The Hall–Kier alpha value is -1.63. The second kappa shape index (κ2) is 4.93. The first-order valence-electron chi connectivity index (χ1n) is 6.57. The molecule has 18 heavy (non-hydrogen) atoms. The van der Waals surface area contributed by atoms with Crippen molar-refractivity contribution in [3.05, 3.63) is 53.2 Å². The lowest BCUT2D eigenvalue weighted by molar-refractivity contribution is -0.660. The van der Waals surface area contributed by atoms with Crippen LogP contribution in [0.5, 0.6) is 0 Å². The molecule has 94 valence electrons. The highest BCUT2D eigenvalue weighted by atomic mass is 14.9. The molecule has 1 aromatic heterocycles. The third-order valence-corrected chi connectivity index (χ3v) is 3.55. The molecule has 1 heterocycles. The van der Waals surface area contributed by atoms with Gasteiger partial charge in [0.1, 0.15) is 7.05 Å². The number of benzene rings is 1. The molecular formula is C17H22N+. The van der Waals surface area contributed by atoms with Gasteiger partial charge in [-0.15, -0.1) is 0 Å². The third kappa shape index (κ3) is 2.31. The highest BCUT2D eigenvalue weighted by molar-refractivity contribution is 5.64. The van der Waals surface area contributed by atoms with Crippen LogP contribution in [-0.2, 0) is 7.05 Å². The molecule has 0 fully saturated rings. The monoisotopic (exact) mass is 240 g/mol. The minimum atomic E-state index is 0.586. The molecule has 2 aromatic rings. The summed E-state index contributed by atoms with van der Waals surface area (Å²) in [6.45, 7) is 8.85. The predicted octanol–water partition coefficient (Wildman–Crippen LogP) is 3.92. The molecule has 2 rings (SSSR count). The number of rotatable bonds is 2. The standard InChI is InChI=1S/C17H22N/c1-12(2)15-8-9-16(14(4)11-15)17-13(3)7-6-10-18(17)5/h6-12H,1-5H3/q+1. The lowest BCUT2D eigenvalue weighted by atomic mass is 9.95. The van der Waals surface area contributed by atoms with E-state index in [-0.39, 0.29) is 0 Å². The van der Waals surface area contributed by atoms with E-state index in [2.05, 4.69) is 75.8 Å². The van der Waals surface area contributed by atoms with Crippen molar-refractivity contribution in [2.24, 2.45) is 7.05 Å². The van der Waals surface area contributed by atoms with Gasteiger partial charge in [-0.3, -0.25) is 0 Å². The molecule has 1 heteroatoms. The zero-order chi connectivity index (χ0) is 13.3. The third-order valence-electron chi connectivity index (χ3n) is 3.55. The van der Waals surface area contributed by atoms with E-state index in [9.17, 15) is 0 Å². The van der Waals surface area contributed by atoms with Crippen LogP contribution >= 0.6 is 0 Å². The Morgan fingerprint density at radius 1 is 1.00 bits per heavy atom. The smallest absolute Gasteiger partial charge is 0.201 e. The lowest BCUT2D eigenvalue weighted by Crippen LogP contribution is -2.31. The molecule has 0 unspecified atom stereocenters. The van der Waals surface area contributed by atoms with Crippen molar-refractivity contribution in [2.75, 3.05) is 0 Å². The van der Waals surface area contributed by atoms with E-state index in [0.29, 0.717) is 5.92 Å². The first-order valence-corrected chi connectivity index (χ1v) is 6.57. The zero-order valence-corrected chi connectivity index (χ0v) is 12.0. The zero-order valence-electron chi connectivity index (χ0n) is 12.0. The predicted molar refractivity (Wildman–Crippen MR) is 76.6 cm³/mol. The molecule has 0 radical (unpaired) electrons. The molecule has 0 bridgehead atoms. The average Bonchev–Trinajstić information content (AvgIpc) is 2.30. The molecule has 1 aromatic carbocycles.